The Labute approximate surface area is 172 Å². The van der Waals surface area contributed by atoms with Crippen LogP contribution in [0, 0.1) is 5.92 Å². The molecule has 158 valence electrons. The Balaban J connectivity index is 1.75. The van der Waals surface area contributed by atoms with E-state index in [9.17, 15) is 14.4 Å². The molecule has 2 aliphatic rings. The maximum absolute atomic E-state index is 13.5. The van der Waals surface area contributed by atoms with Gasteiger partial charge in [-0.1, -0.05) is 30.3 Å². The number of rotatable bonds is 2. The zero-order chi connectivity index (χ0) is 21.0. The molecule has 0 radical (unpaired) electrons. The topological polar surface area (TPSA) is 79.0 Å². The van der Waals surface area contributed by atoms with Gasteiger partial charge in [0.1, 0.15) is 5.60 Å². The van der Waals surface area contributed by atoms with Gasteiger partial charge >= 0.3 is 6.09 Å². The van der Waals surface area contributed by atoms with E-state index in [0.717, 1.165) is 18.4 Å². The molecule has 1 aromatic carbocycles. The second kappa shape index (κ2) is 8.84. The van der Waals surface area contributed by atoms with Crippen LogP contribution in [0.1, 0.15) is 51.6 Å². The molecule has 29 heavy (non-hydrogen) atoms. The van der Waals surface area contributed by atoms with Crippen LogP contribution in [0.2, 0.25) is 0 Å². The van der Waals surface area contributed by atoms with Gasteiger partial charge in [0.2, 0.25) is 11.8 Å². The van der Waals surface area contributed by atoms with E-state index in [0.29, 0.717) is 26.2 Å². The van der Waals surface area contributed by atoms with Crippen molar-refractivity contribution in [3.8, 4) is 0 Å². The first-order chi connectivity index (χ1) is 13.7. The summed E-state index contributed by atoms with van der Waals surface area (Å²) >= 11 is 0. The van der Waals surface area contributed by atoms with Crippen molar-refractivity contribution in [1.29, 1.82) is 0 Å². The zero-order valence-corrected chi connectivity index (χ0v) is 17.5. The van der Waals surface area contributed by atoms with Crippen molar-refractivity contribution in [2.24, 2.45) is 5.92 Å². The molecular formula is C22H31N3O4. The Hall–Kier alpha value is -2.57. The first-order valence-corrected chi connectivity index (χ1v) is 10.3. The van der Waals surface area contributed by atoms with E-state index in [2.05, 4.69) is 5.32 Å². The Morgan fingerprint density at radius 1 is 1.14 bits per heavy atom. The minimum Gasteiger partial charge on any atom is -0.444 e. The van der Waals surface area contributed by atoms with E-state index in [1.807, 2.05) is 56.0 Å². The third kappa shape index (κ3) is 5.49. The highest BCUT2D eigenvalue weighted by molar-refractivity contribution is 5.83. The third-order valence-corrected chi connectivity index (χ3v) is 5.32. The van der Waals surface area contributed by atoms with Crippen LogP contribution in [0.4, 0.5) is 4.79 Å². The van der Waals surface area contributed by atoms with Crippen LogP contribution in [-0.4, -0.2) is 59.5 Å². The highest BCUT2D eigenvalue weighted by Crippen LogP contribution is 2.29. The number of likely N-dealkylation sites (tertiary alicyclic amines) is 1. The van der Waals surface area contributed by atoms with Crippen molar-refractivity contribution < 1.29 is 19.1 Å². The highest BCUT2D eigenvalue weighted by atomic mass is 16.6. The van der Waals surface area contributed by atoms with Gasteiger partial charge in [-0.15, -0.1) is 0 Å². The first kappa shape index (κ1) is 21.1. The number of amides is 3. The van der Waals surface area contributed by atoms with Crippen molar-refractivity contribution in [3.05, 3.63) is 35.9 Å². The molecule has 2 atom stereocenters. The second-order valence-corrected chi connectivity index (χ2v) is 8.78. The summed E-state index contributed by atoms with van der Waals surface area (Å²) in [6.07, 6.45) is 1.37. The lowest BCUT2D eigenvalue weighted by Crippen LogP contribution is -2.49. The lowest BCUT2D eigenvalue weighted by molar-refractivity contribution is -0.139. The summed E-state index contributed by atoms with van der Waals surface area (Å²) in [4.78, 5) is 41.5. The zero-order valence-electron chi connectivity index (χ0n) is 17.5. The van der Waals surface area contributed by atoms with Crippen molar-refractivity contribution >= 4 is 17.9 Å². The number of carbonyl (C=O) groups is 3. The monoisotopic (exact) mass is 401 g/mol. The van der Waals surface area contributed by atoms with E-state index < -0.39 is 5.60 Å². The number of hydrogen-bond acceptors (Lipinski definition) is 4. The molecule has 7 heteroatoms. The molecule has 0 saturated carbocycles. The quantitative estimate of drug-likeness (QED) is 0.826. The molecule has 2 heterocycles. The van der Waals surface area contributed by atoms with Crippen LogP contribution < -0.4 is 5.32 Å². The minimum atomic E-state index is -0.566. The number of nitrogens with zero attached hydrogens (tertiary/aromatic N) is 2. The van der Waals surface area contributed by atoms with E-state index in [1.165, 1.54) is 0 Å². The summed E-state index contributed by atoms with van der Waals surface area (Å²) in [7, 11) is 0. The molecule has 1 N–H and O–H groups in total. The van der Waals surface area contributed by atoms with Gasteiger partial charge in [0, 0.05) is 26.2 Å². The van der Waals surface area contributed by atoms with E-state index in [4.69, 9.17) is 4.74 Å². The standard InChI is InChI=1S/C22H31N3O4/c1-22(2,3)29-21(28)24-12-7-10-17(15-24)20(27)25-13-11-23-19(26)14-18(25)16-8-5-4-6-9-16/h4-6,8-9,17-18H,7,10-15H2,1-3H3,(H,23,26)/t17-,18+/m1/s1. The van der Waals surface area contributed by atoms with Gasteiger partial charge in [-0.05, 0) is 39.2 Å². The number of piperidine rings is 1. The Morgan fingerprint density at radius 2 is 1.86 bits per heavy atom. The summed E-state index contributed by atoms with van der Waals surface area (Å²) in [5.41, 5.74) is 0.390. The molecule has 0 aromatic heterocycles. The van der Waals surface area contributed by atoms with Gasteiger partial charge in [-0.3, -0.25) is 9.59 Å². The summed E-state index contributed by atoms with van der Waals surface area (Å²) in [6, 6.07) is 9.39. The molecule has 2 saturated heterocycles. The van der Waals surface area contributed by atoms with Gasteiger partial charge in [0.15, 0.2) is 0 Å². The Kier molecular flexibility index (Phi) is 6.45. The fourth-order valence-corrected chi connectivity index (χ4v) is 3.97. The lowest BCUT2D eigenvalue weighted by Gasteiger charge is -2.37. The van der Waals surface area contributed by atoms with E-state index in [-0.39, 0.29) is 36.3 Å². The number of hydrogen-bond donors (Lipinski definition) is 1. The van der Waals surface area contributed by atoms with Crippen LogP contribution in [0.3, 0.4) is 0 Å². The van der Waals surface area contributed by atoms with Crippen LogP contribution >= 0.6 is 0 Å². The number of nitrogens with one attached hydrogen (secondary N) is 1. The predicted molar refractivity (Wildman–Crippen MR) is 109 cm³/mol. The normalized spacial score (nSPS) is 23.2. The summed E-state index contributed by atoms with van der Waals surface area (Å²) in [5, 5.41) is 2.87. The first-order valence-electron chi connectivity index (χ1n) is 10.3. The van der Waals surface area contributed by atoms with E-state index >= 15 is 0 Å². The minimum absolute atomic E-state index is 0.00334. The SMILES string of the molecule is CC(C)(C)OC(=O)N1CCC[C@@H](C(=O)N2CCNC(=O)C[C@H]2c2ccccc2)C1. The third-order valence-electron chi connectivity index (χ3n) is 5.32. The highest BCUT2D eigenvalue weighted by Gasteiger charge is 2.37. The molecule has 0 unspecified atom stereocenters. The van der Waals surface area contributed by atoms with Crippen LogP contribution in [0.5, 0.6) is 0 Å². The molecule has 1 aromatic rings. The molecule has 7 nitrogen and oxygen atoms in total. The fraction of sp³-hybridized carbons (Fsp3) is 0.591. The van der Waals surface area contributed by atoms with Crippen molar-refractivity contribution in [2.75, 3.05) is 26.2 Å². The fourth-order valence-electron chi connectivity index (χ4n) is 3.97. The summed E-state index contributed by atoms with van der Waals surface area (Å²) < 4.78 is 5.48. The van der Waals surface area contributed by atoms with Crippen LogP contribution in [0.25, 0.3) is 0 Å². The van der Waals surface area contributed by atoms with Crippen molar-refractivity contribution in [3.63, 3.8) is 0 Å². The summed E-state index contributed by atoms with van der Waals surface area (Å²) in [5.74, 6) is -0.326. The van der Waals surface area contributed by atoms with E-state index in [1.54, 1.807) is 4.90 Å². The molecule has 2 fully saturated rings. The van der Waals surface area contributed by atoms with Crippen molar-refractivity contribution in [2.45, 2.75) is 51.7 Å². The number of ether oxygens (including phenoxy) is 1. The average Bonchev–Trinajstić information content (AvgIpc) is 2.88. The van der Waals surface area contributed by atoms with Crippen molar-refractivity contribution in [1.82, 2.24) is 15.1 Å². The average molecular weight is 402 g/mol. The molecule has 3 rings (SSSR count). The number of carbonyl (C=O) groups excluding carboxylic acids is 3. The van der Waals surface area contributed by atoms with Gasteiger partial charge in [-0.2, -0.15) is 0 Å². The maximum atomic E-state index is 13.5. The molecule has 0 bridgehead atoms. The lowest BCUT2D eigenvalue weighted by atomic mass is 9.94. The largest absolute Gasteiger partial charge is 0.444 e. The molecular weight excluding hydrogens is 370 g/mol. The van der Waals surface area contributed by atoms with Gasteiger partial charge in [0.25, 0.3) is 0 Å². The van der Waals surface area contributed by atoms with Gasteiger partial charge in [-0.25, -0.2) is 4.79 Å². The van der Waals surface area contributed by atoms with Crippen LogP contribution in [-0.2, 0) is 14.3 Å². The smallest absolute Gasteiger partial charge is 0.410 e. The molecule has 0 aliphatic carbocycles. The van der Waals surface area contributed by atoms with Crippen LogP contribution in [0.15, 0.2) is 30.3 Å². The maximum Gasteiger partial charge on any atom is 0.410 e. The molecule has 3 amide bonds. The van der Waals surface area contributed by atoms with Gasteiger partial charge in [0.05, 0.1) is 18.4 Å². The molecule has 0 spiro atoms. The Bertz CT molecular complexity index is 744. The Morgan fingerprint density at radius 3 is 2.55 bits per heavy atom. The van der Waals surface area contributed by atoms with Gasteiger partial charge < -0.3 is 19.9 Å². The second-order valence-electron chi connectivity index (χ2n) is 8.78. The number of benzene rings is 1. The predicted octanol–water partition coefficient (Wildman–Crippen LogP) is 2.72. The molecule has 2 aliphatic heterocycles. The summed E-state index contributed by atoms with van der Waals surface area (Å²) in [6.45, 7) is 7.37.